The Labute approximate surface area is 141 Å². The largest absolute Gasteiger partial charge is 0.497 e. The SMILES string of the molecule is COc1ccc(NC(=O)NC(c2nccn2CCO)C(C)C)cc1. The fourth-order valence-electron chi connectivity index (χ4n) is 2.41. The Bertz CT molecular complexity index is 652. The van der Waals surface area contributed by atoms with Crippen LogP contribution in [0.25, 0.3) is 0 Å². The average molecular weight is 332 g/mol. The van der Waals surface area contributed by atoms with Crippen molar-refractivity contribution >= 4 is 11.7 Å². The number of methoxy groups -OCH3 is 1. The fourth-order valence-corrected chi connectivity index (χ4v) is 2.41. The van der Waals surface area contributed by atoms with Gasteiger partial charge >= 0.3 is 6.03 Å². The number of amides is 2. The highest BCUT2D eigenvalue weighted by molar-refractivity contribution is 5.89. The van der Waals surface area contributed by atoms with Crippen molar-refractivity contribution in [2.45, 2.75) is 26.4 Å². The zero-order chi connectivity index (χ0) is 17.5. The Kier molecular flexibility index (Phi) is 6.20. The van der Waals surface area contributed by atoms with Gasteiger partial charge in [-0.25, -0.2) is 9.78 Å². The first-order valence-electron chi connectivity index (χ1n) is 7.88. The van der Waals surface area contributed by atoms with Crippen LogP contribution in [0.1, 0.15) is 25.7 Å². The standard InChI is InChI=1S/C17H24N4O3/c1-12(2)15(16-18-8-9-21(16)10-11-22)20-17(23)19-13-4-6-14(24-3)7-5-13/h4-9,12,15,22H,10-11H2,1-3H3,(H2,19,20,23). The lowest BCUT2D eigenvalue weighted by molar-refractivity contribution is 0.241. The van der Waals surface area contributed by atoms with Gasteiger partial charge in [-0.05, 0) is 30.2 Å². The summed E-state index contributed by atoms with van der Waals surface area (Å²) in [7, 11) is 1.59. The van der Waals surface area contributed by atoms with Gasteiger partial charge in [0.1, 0.15) is 11.6 Å². The number of nitrogens with zero attached hydrogens (tertiary/aromatic N) is 2. The summed E-state index contributed by atoms with van der Waals surface area (Å²) in [5.74, 6) is 1.60. The van der Waals surface area contributed by atoms with E-state index < -0.39 is 0 Å². The van der Waals surface area contributed by atoms with Crippen LogP contribution in [-0.4, -0.2) is 34.4 Å². The smallest absolute Gasteiger partial charge is 0.319 e. The predicted molar refractivity (Wildman–Crippen MR) is 92.0 cm³/mol. The number of carbonyl (C=O) groups excluding carboxylic acids is 1. The monoisotopic (exact) mass is 332 g/mol. The quantitative estimate of drug-likeness (QED) is 0.726. The van der Waals surface area contributed by atoms with Gasteiger partial charge in [-0.2, -0.15) is 0 Å². The maximum absolute atomic E-state index is 12.3. The number of benzene rings is 1. The molecule has 3 N–H and O–H groups in total. The van der Waals surface area contributed by atoms with Crippen molar-refractivity contribution in [1.29, 1.82) is 0 Å². The second-order valence-corrected chi connectivity index (χ2v) is 5.75. The third-order valence-corrected chi connectivity index (χ3v) is 3.67. The van der Waals surface area contributed by atoms with Gasteiger partial charge in [-0.3, -0.25) is 0 Å². The second kappa shape index (κ2) is 8.35. The number of imidazole rings is 1. The molecule has 0 bridgehead atoms. The Morgan fingerprint density at radius 3 is 2.62 bits per heavy atom. The van der Waals surface area contributed by atoms with Crippen LogP contribution in [0.4, 0.5) is 10.5 Å². The molecule has 0 aliphatic carbocycles. The molecule has 0 aliphatic heterocycles. The van der Waals surface area contributed by atoms with Crippen LogP contribution in [0.5, 0.6) is 5.75 Å². The highest BCUT2D eigenvalue weighted by Crippen LogP contribution is 2.21. The third-order valence-electron chi connectivity index (χ3n) is 3.67. The lowest BCUT2D eigenvalue weighted by Gasteiger charge is -2.23. The van der Waals surface area contributed by atoms with Crippen LogP contribution < -0.4 is 15.4 Å². The van der Waals surface area contributed by atoms with Crippen molar-refractivity contribution < 1.29 is 14.6 Å². The topological polar surface area (TPSA) is 88.4 Å². The minimum atomic E-state index is -0.308. The van der Waals surface area contributed by atoms with Crippen LogP contribution in [-0.2, 0) is 6.54 Å². The molecule has 0 spiro atoms. The summed E-state index contributed by atoms with van der Waals surface area (Å²) in [6.45, 7) is 4.49. The minimum absolute atomic E-state index is 0.0201. The van der Waals surface area contributed by atoms with Crippen molar-refractivity contribution in [3.63, 3.8) is 0 Å². The van der Waals surface area contributed by atoms with E-state index >= 15 is 0 Å². The number of carbonyl (C=O) groups is 1. The third kappa shape index (κ3) is 4.48. The molecule has 0 aliphatic rings. The molecule has 2 rings (SSSR count). The first-order valence-corrected chi connectivity index (χ1v) is 7.88. The number of aliphatic hydroxyl groups is 1. The van der Waals surface area contributed by atoms with Crippen LogP contribution in [0.3, 0.4) is 0 Å². The van der Waals surface area contributed by atoms with E-state index in [2.05, 4.69) is 15.6 Å². The lowest BCUT2D eigenvalue weighted by Crippen LogP contribution is -2.36. The summed E-state index contributed by atoms with van der Waals surface area (Å²) in [4.78, 5) is 16.6. The summed E-state index contributed by atoms with van der Waals surface area (Å²) in [5, 5.41) is 14.9. The maximum atomic E-state index is 12.3. The molecule has 1 heterocycles. The lowest BCUT2D eigenvalue weighted by atomic mass is 10.0. The summed E-state index contributed by atoms with van der Waals surface area (Å²) in [6, 6.07) is 6.54. The fraction of sp³-hybridized carbons (Fsp3) is 0.412. The number of hydrogen-bond donors (Lipinski definition) is 3. The number of rotatable bonds is 7. The van der Waals surface area contributed by atoms with Gasteiger partial charge in [0.25, 0.3) is 0 Å². The van der Waals surface area contributed by atoms with E-state index in [0.29, 0.717) is 12.2 Å². The van der Waals surface area contributed by atoms with E-state index in [0.717, 1.165) is 11.6 Å². The highest BCUT2D eigenvalue weighted by atomic mass is 16.5. The minimum Gasteiger partial charge on any atom is -0.497 e. The molecule has 2 amide bonds. The zero-order valence-corrected chi connectivity index (χ0v) is 14.2. The Hall–Kier alpha value is -2.54. The molecule has 1 atom stereocenters. The number of urea groups is 1. The zero-order valence-electron chi connectivity index (χ0n) is 14.2. The van der Waals surface area contributed by atoms with Crippen LogP contribution in [0.2, 0.25) is 0 Å². The Morgan fingerprint density at radius 2 is 2.04 bits per heavy atom. The van der Waals surface area contributed by atoms with Crippen molar-refractivity contribution in [3.8, 4) is 5.75 Å². The summed E-state index contributed by atoms with van der Waals surface area (Å²) >= 11 is 0. The normalized spacial score (nSPS) is 12.0. The predicted octanol–water partition coefficient (Wildman–Crippen LogP) is 2.40. The Balaban J connectivity index is 2.06. The molecule has 7 nitrogen and oxygen atoms in total. The van der Waals surface area contributed by atoms with Crippen LogP contribution in [0.15, 0.2) is 36.7 Å². The van der Waals surface area contributed by atoms with Crippen LogP contribution >= 0.6 is 0 Å². The number of anilines is 1. The van der Waals surface area contributed by atoms with Crippen molar-refractivity contribution in [1.82, 2.24) is 14.9 Å². The molecule has 0 fully saturated rings. The molecule has 130 valence electrons. The molecule has 1 aromatic carbocycles. The molecule has 0 radical (unpaired) electrons. The molecule has 1 aromatic heterocycles. The molecular formula is C17H24N4O3. The molecule has 24 heavy (non-hydrogen) atoms. The van der Waals surface area contributed by atoms with E-state index in [1.165, 1.54) is 0 Å². The summed E-state index contributed by atoms with van der Waals surface area (Å²) in [5.41, 5.74) is 0.675. The number of ether oxygens (including phenoxy) is 1. The number of aliphatic hydroxyl groups excluding tert-OH is 1. The van der Waals surface area contributed by atoms with Gasteiger partial charge < -0.3 is 25.0 Å². The van der Waals surface area contributed by atoms with Crippen molar-refractivity contribution in [2.75, 3.05) is 19.0 Å². The van der Waals surface area contributed by atoms with Crippen molar-refractivity contribution in [2.24, 2.45) is 5.92 Å². The van der Waals surface area contributed by atoms with Gasteiger partial charge in [0, 0.05) is 24.6 Å². The number of hydrogen-bond acceptors (Lipinski definition) is 4. The van der Waals surface area contributed by atoms with E-state index in [1.54, 1.807) is 43.8 Å². The molecule has 0 saturated heterocycles. The van der Waals surface area contributed by atoms with Gasteiger partial charge in [0.05, 0.1) is 19.8 Å². The highest BCUT2D eigenvalue weighted by Gasteiger charge is 2.22. The number of nitrogens with one attached hydrogen (secondary N) is 2. The van der Waals surface area contributed by atoms with E-state index in [4.69, 9.17) is 9.84 Å². The van der Waals surface area contributed by atoms with Gasteiger partial charge in [-0.15, -0.1) is 0 Å². The maximum Gasteiger partial charge on any atom is 0.319 e. The molecule has 0 saturated carbocycles. The second-order valence-electron chi connectivity index (χ2n) is 5.75. The van der Waals surface area contributed by atoms with Crippen molar-refractivity contribution in [3.05, 3.63) is 42.5 Å². The molecule has 2 aromatic rings. The summed E-state index contributed by atoms with van der Waals surface area (Å²) in [6.07, 6.45) is 3.47. The molecule has 1 unspecified atom stereocenters. The van der Waals surface area contributed by atoms with Gasteiger partial charge in [0.2, 0.25) is 0 Å². The molecular weight excluding hydrogens is 308 g/mol. The first kappa shape index (κ1) is 17.8. The number of aromatic nitrogens is 2. The first-order chi connectivity index (χ1) is 11.5. The van der Waals surface area contributed by atoms with E-state index in [-0.39, 0.29) is 24.6 Å². The average Bonchev–Trinajstić information content (AvgIpc) is 3.01. The van der Waals surface area contributed by atoms with Gasteiger partial charge in [-0.1, -0.05) is 13.8 Å². The van der Waals surface area contributed by atoms with E-state index in [1.807, 2.05) is 18.4 Å². The summed E-state index contributed by atoms with van der Waals surface area (Å²) < 4.78 is 6.94. The Morgan fingerprint density at radius 1 is 1.33 bits per heavy atom. The van der Waals surface area contributed by atoms with Gasteiger partial charge in [0.15, 0.2) is 0 Å². The molecule has 7 heteroatoms. The van der Waals surface area contributed by atoms with Crippen LogP contribution in [0, 0.1) is 5.92 Å². The van der Waals surface area contributed by atoms with E-state index in [9.17, 15) is 4.79 Å².